The van der Waals surface area contributed by atoms with Crippen LogP contribution in [0.25, 0.3) is 0 Å². The van der Waals surface area contributed by atoms with Gasteiger partial charge in [0, 0.05) is 11.7 Å². The summed E-state index contributed by atoms with van der Waals surface area (Å²) in [6.07, 6.45) is 0.245. The third-order valence-corrected chi connectivity index (χ3v) is 2.24. The average Bonchev–Trinajstić information content (AvgIpc) is 2.29. The number of rotatable bonds is 5. The van der Waals surface area contributed by atoms with Crippen LogP contribution in [0.1, 0.15) is 19.4 Å². The van der Waals surface area contributed by atoms with Gasteiger partial charge in [-0.1, -0.05) is 12.1 Å². The smallest absolute Gasteiger partial charge is 0.239 e. The molecule has 0 radical (unpaired) electrons. The molecule has 1 aromatic rings. The van der Waals surface area contributed by atoms with Crippen LogP contribution in [0.5, 0.6) is 0 Å². The lowest BCUT2D eigenvalue weighted by molar-refractivity contribution is -0.126. The molecule has 0 atom stereocenters. The molecule has 0 aliphatic heterocycles. The Labute approximate surface area is 107 Å². The summed E-state index contributed by atoms with van der Waals surface area (Å²) in [5, 5.41) is 5.27. The van der Waals surface area contributed by atoms with Crippen LogP contribution in [-0.4, -0.2) is 24.4 Å². The molecule has 1 rings (SSSR count). The fourth-order valence-corrected chi connectivity index (χ4v) is 1.44. The molecule has 0 aliphatic carbocycles. The summed E-state index contributed by atoms with van der Waals surface area (Å²) < 4.78 is 0. The van der Waals surface area contributed by atoms with Gasteiger partial charge in [0.05, 0.1) is 13.0 Å². The Bertz CT molecular complexity index is 413. The minimum Gasteiger partial charge on any atom is -0.399 e. The molecule has 98 valence electrons. The Hall–Kier alpha value is -2.04. The number of carbonyl (C=O) groups excluding carboxylic acids is 2. The first-order chi connectivity index (χ1) is 8.47. The number of anilines is 1. The van der Waals surface area contributed by atoms with Gasteiger partial charge in [-0.15, -0.1) is 0 Å². The van der Waals surface area contributed by atoms with Crippen molar-refractivity contribution in [3.05, 3.63) is 29.8 Å². The van der Waals surface area contributed by atoms with Crippen LogP contribution in [0.4, 0.5) is 5.69 Å². The SMILES string of the molecule is CC(C)NC(=O)CNC(=O)Cc1ccc(N)cc1. The first kappa shape index (κ1) is 14.0. The molecular formula is C13H19N3O2. The molecule has 0 bridgehead atoms. The number of hydrogen-bond donors (Lipinski definition) is 3. The van der Waals surface area contributed by atoms with Gasteiger partial charge in [-0.25, -0.2) is 0 Å². The molecule has 0 saturated heterocycles. The first-order valence-corrected chi connectivity index (χ1v) is 5.88. The van der Waals surface area contributed by atoms with Crippen molar-refractivity contribution in [1.82, 2.24) is 10.6 Å². The van der Waals surface area contributed by atoms with Gasteiger partial charge >= 0.3 is 0 Å². The Balaban J connectivity index is 2.34. The number of nitrogen functional groups attached to an aromatic ring is 1. The Kier molecular flexibility index (Phi) is 5.17. The van der Waals surface area contributed by atoms with Crippen molar-refractivity contribution in [3.8, 4) is 0 Å². The van der Waals surface area contributed by atoms with Crippen molar-refractivity contribution < 1.29 is 9.59 Å². The number of nitrogens with two attached hydrogens (primary N) is 1. The van der Waals surface area contributed by atoms with Crippen molar-refractivity contribution in [2.75, 3.05) is 12.3 Å². The summed E-state index contributed by atoms with van der Waals surface area (Å²) in [5.41, 5.74) is 7.08. The van der Waals surface area contributed by atoms with Gasteiger partial charge in [0.1, 0.15) is 0 Å². The van der Waals surface area contributed by atoms with E-state index in [2.05, 4.69) is 10.6 Å². The molecule has 0 aliphatic rings. The highest BCUT2D eigenvalue weighted by Gasteiger charge is 2.07. The largest absolute Gasteiger partial charge is 0.399 e. The van der Waals surface area contributed by atoms with E-state index in [-0.39, 0.29) is 30.8 Å². The highest BCUT2D eigenvalue weighted by molar-refractivity contribution is 5.85. The molecule has 18 heavy (non-hydrogen) atoms. The van der Waals surface area contributed by atoms with Gasteiger partial charge < -0.3 is 16.4 Å². The van der Waals surface area contributed by atoms with Crippen LogP contribution in [0.2, 0.25) is 0 Å². The molecule has 0 aromatic heterocycles. The number of amides is 2. The fraction of sp³-hybridized carbons (Fsp3) is 0.385. The minimum atomic E-state index is -0.185. The monoisotopic (exact) mass is 249 g/mol. The average molecular weight is 249 g/mol. The zero-order valence-electron chi connectivity index (χ0n) is 10.7. The van der Waals surface area contributed by atoms with Gasteiger partial charge in [0.25, 0.3) is 0 Å². The van der Waals surface area contributed by atoms with Gasteiger partial charge in [0.2, 0.25) is 11.8 Å². The Morgan fingerprint density at radius 3 is 2.33 bits per heavy atom. The maximum absolute atomic E-state index is 11.6. The second-order valence-corrected chi connectivity index (χ2v) is 4.42. The predicted molar refractivity (Wildman–Crippen MR) is 70.8 cm³/mol. The summed E-state index contributed by atoms with van der Waals surface area (Å²) in [7, 11) is 0. The van der Waals surface area contributed by atoms with E-state index in [1.165, 1.54) is 0 Å². The molecule has 2 amide bonds. The van der Waals surface area contributed by atoms with Crippen LogP contribution < -0.4 is 16.4 Å². The molecule has 0 fully saturated rings. The quantitative estimate of drug-likeness (QED) is 0.662. The maximum Gasteiger partial charge on any atom is 0.239 e. The molecule has 0 saturated carbocycles. The number of benzene rings is 1. The molecule has 5 heteroatoms. The van der Waals surface area contributed by atoms with E-state index in [9.17, 15) is 9.59 Å². The number of carbonyl (C=O) groups is 2. The van der Waals surface area contributed by atoms with E-state index in [1.807, 2.05) is 13.8 Å². The van der Waals surface area contributed by atoms with Crippen LogP contribution in [-0.2, 0) is 16.0 Å². The van der Waals surface area contributed by atoms with Gasteiger partial charge in [-0.2, -0.15) is 0 Å². The van der Waals surface area contributed by atoms with Crippen molar-refractivity contribution in [2.45, 2.75) is 26.3 Å². The van der Waals surface area contributed by atoms with Crippen molar-refractivity contribution in [3.63, 3.8) is 0 Å². The summed E-state index contributed by atoms with van der Waals surface area (Å²) in [4.78, 5) is 22.9. The maximum atomic E-state index is 11.6. The van der Waals surface area contributed by atoms with Crippen molar-refractivity contribution in [1.29, 1.82) is 0 Å². The van der Waals surface area contributed by atoms with Crippen LogP contribution in [0.15, 0.2) is 24.3 Å². The standard InChI is InChI=1S/C13H19N3O2/c1-9(2)16-13(18)8-15-12(17)7-10-3-5-11(14)6-4-10/h3-6,9H,7-8,14H2,1-2H3,(H,15,17)(H,16,18). The fourth-order valence-electron chi connectivity index (χ4n) is 1.44. The second kappa shape index (κ2) is 6.64. The lowest BCUT2D eigenvalue weighted by atomic mass is 10.1. The second-order valence-electron chi connectivity index (χ2n) is 4.42. The van der Waals surface area contributed by atoms with E-state index in [0.717, 1.165) is 5.56 Å². The van der Waals surface area contributed by atoms with E-state index < -0.39 is 0 Å². The molecular weight excluding hydrogens is 230 g/mol. The molecule has 5 nitrogen and oxygen atoms in total. The summed E-state index contributed by atoms with van der Waals surface area (Å²) in [5.74, 6) is -0.366. The molecule has 0 unspecified atom stereocenters. The molecule has 1 aromatic carbocycles. The molecule has 0 spiro atoms. The summed E-state index contributed by atoms with van der Waals surface area (Å²) in [6.45, 7) is 3.74. The lowest BCUT2D eigenvalue weighted by Crippen LogP contribution is -2.40. The Morgan fingerprint density at radius 1 is 1.17 bits per heavy atom. The zero-order chi connectivity index (χ0) is 13.5. The highest BCUT2D eigenvalue weighted by atomic mass is 16.2. The van der Waals surface area contributed by atoms with Crippen LogP contribution >= 0.6 is 0 Å². The summed E-state index contributed by atoms with van der Waals surface area (Å²) >= 11 is 0. The topological polar surface area (TPSA) is 84.2 Å². The minimum absolute atomic E-state index is 0.00594. The van der Waals surface area contributed by atoms with Crippen molar-refractivity contribution in [2.24, 2.45) is 0 Å². The van der Waals surface area contributed by atoms with E-state index >= 15 is 0 Å². The normalized spacial score (nSPS) is 10.2. The van der Waals surface area contributed by atoms with E-state index in [4.69, 9.17) is 5.73 Å². The number of hydrogen-bond acceptors (Lipinski definition) is 3. The van der Waals surface area contributed by atoms with Gasteiger partial charge in [0.15, 0.2) is 0 Å². The lowest BCUT2D eigenvalue weighted by Gasteiger charge is -2.09. The third-order valence-electron chi connectivity index (χ3n) is 2.24. The first-order valence-electron chi connectivity index (χ1n) is 5.88. The van der Waals surface area contributed by atoms with Crippen LogP contribution in [0, 0.1) is 0 Å². The van der Waals surface area contributed by atoms with Gasteiger partial charge in [-0.3, -0.25) is 9.59 Å². The number of nitrogens with one attached hydrogen (secondary N) is 2. The summed E-state index contributed by atoms with van der Waals surface area (Å²) in [6, 6.07) is 7.15. The molecule has 4 N–H and O–H groups in total. The highest BCUT2D eigenvalue weighted by Crippen LogP contribution is 2.05. The molecule has 0 heterocycles. The predicted octanol–water partition coefficient (Wildman–Crippen LogP) is 0.452. The third kappa shape index (κ3) is 5.34. The van der Waals surface area contributed by atoms with E-state index in [1.54, 1.807) is 24.3 Å². The zero-order valence-corrected chi connectivity index (χ0v) is 10.7. The Morgan fingerprint density at radius 2 is 1.78 bits per heavy atom. The van der Waals surface area contributed by atoms with Crippen LogP contribution in [0.3, 0.4) is 0 Å². The van der Waals surface area contributed by atoms with Gasteiger partial charge in [-0.05, 0) is 31.5 Å². The van der Waals surface area contributed by atoms with E-state index in [0.29, 0.717) is 5.69 Å². The van der Waals surface area contributed by atoms with Crippen molar-refractivity contribution >= 4 is 17.5 Å².